The Morgan fingerprint density at radius 2 is 2.28 bits per heavy atom. The van der Waals surface area contributed by atoms with Crippen molar-refractivity contribution in [3.63, 3.8) is 0 Å². The van der Waals surface area contributed by atoms with Gasteiger partial charge in [-0.2, -0.15) is 4.37 Å². The van der Waals surface area contributed by atoms with Crippen LogP contribution < -0.4 is 5.32 Å². The van der Waals surface area contributed by atoms with E-state index in [0.29, 0.717) is 6.61 Å². The highest BCUT2D eigenvalue weighted by Crippen LogP contribution is 2.11. The molecule has 1 aromatic rings. The first-order chi connectivity index (χ1) is 8.88. The highest BCUT2D eigenvalue weighted by molar-refractivity contribution is 7.09. The lowest BCUT2D eigenvalue weighted by atomic mass is 10.4. The lowest BCUT2D eigenvalue weighted by molar-refractivity contribution is 0.0398. The van der Waals surface area contributed by atoms with Crippen molar-refractivity contribution < 1.29 is 9.47 Å². The Labute approximate surface area is 111 Å². The summed E-state index contributed by atoms with van der Waals surface area (Å²) in [6, 6.07) is 0. The van der Waals surface area contributed by atoms with Gasteiger partial charge in [0.05, 0.1) is 19.8 Å². The fraction of sp³-hybridized carbons (Fsp3) is 0.818. The molecule has 102 valence electrons. The average molecular weight is 272 g/mol. The van der Waals surface area contributed by atoms with Crippen molar-refractivity contribution in [2.75, 3.05) is 58.4 Å². The first-order valence-corrected chi connectivity index (χ1v) is 7.01. The predicted molar refractivity (Wildman–Crippen MR) is 71.2 cm³/mol. The maximum Gasteiger partial charge on any atom is 0.202 e. The molecule has 0 aliphatic carbocycles. The third-order valence-electron chi connectivity index (χ3n) is 2.81. The molecule has 1 aliphatic rings. The number of morpholine rings is 1. The van der Waals surface area contributed by atoms with Gasteiger partial charge in [0.2, 0.25) is 5.13 Å². The Morgan fingerprint density at radius 3 is 3.06 bits per heavy atom. The van der Waals surface area contributed by atoms with E-state index in [2.05, 4.69) is 19.6 Å². The Balaban J connectivity index is 1.64. The number of rotatable bonds is 7. The van der Waals surface area contributed by atoms with Crippen LogP contribution in [0.5, 0.6) is 0 Å². The molecule has 0 amide bonds. The summed E-state index contributed by atoms with van der Waals surface area (Å²) >= 11 is 1.42. The number of ether oxygens (including phenoxy) is 2. The van der Waals surface area contributed by atoms with Crippen LogP contribution in [0.3, 0.4) is 0 Å². The largest absolute Gasteiger partial charge is 0.384 e. The normalized spacial score (nSPS) is 16.9. The van der Waals surface area contributed by atoms with Crippen LogP contribution in [0.1, 0.15) is 5.82 Å². The highest BCUT2D eigenvalue weighted by Gasteiger charge is 2.10. The molecule has 18 heavy (non-hydrogen) atoms. The zero-order valence-corrected chi connectivity index (χ0v) is 11.5. The third-order valence-corrected chi connectivity index (χ3v) is 3.52. The molecule has 0 saturated carbocycles. The molecule has 1 saturated heterocycles. The monoisotopic (exact) mass is 272 g/mol. The van der Waals surface area contributed by atoms with Crippen molar-refractivity contribution in [1.82, 2.24) is 14.3 Å². The van der Waals surface area contributed by atoms with E-state index in [1.807, 2.05) is 0 Å². The van der Waals surface area contributed by atoms with Crippen molar-refractivity contribution in [2.24, 2.45) is 0 Å². The summed E-state index contributed by atoms with van der Waals surface area (Å²) in [5.74, 6) is 0.857. The van der Waals surface area contributed by atoms with Crippen LogP contribution in [0, 0.1) is 0 Å². The van der Waals surface area contributed by atoms with E-state index < -0.39 is 0 Å². The molecule has 7 heteroatoms. The molecule has 0 radical (unpaired) electrons. The molecule has 1 aromatic heterocycles. The molecular formula is C11H20N4O2S. The van der Waals surface area contributed by atoms with Gasteiger partial charge < -0.3 is 14.8 Å². The summed E-state index contributed by atoms with van der Waals surface area (Å²) in [7, 11) is 1.69. The molecule has 0 aromatic carbocycles. The van der Waals surface area contributed by atoms with Crippen LogP contribution in [0.4, 0.5) is 5.13 Å². The van der Waals surface area contributed by atoms with E-state index in [4.69, 9.17) is 9.47 Å². The number of hydrogen-bond acceptors (Lipinski definition) is 7. The zero-order chi connectivity index (χ0) is 12.6. The van der Waals surface area contributed by atoms with E-state index in [-0.39, 0.29) is 0 Å². The molecule has 0 atom stereocenters. The van der Waals surface area contributed by atoms with Crippen molar-refractivity contribution in [2.45, 2.75) is 6.42 Å². The fourth-order valence-corrected chi connectivity index (χ4v) is 2.40. The molecule has 0 bridgehead atoms. The number of aromatic nitrogens is 2. The van der Waals surface area contributed by atoms with Crippen molar-refractivity contribution in [1.29, 1.82) is 0 Å². The van der Waals surface area contributed by atoms with Gasteiger partial charge in [0, 0.05) is 51.2 Å². The number of nitrogens with zero attached hydrogens (tertiary/aromatic N) is 3. The Bertz CT molecular complexity index is 342. The smallest absolute Gasteiger partial charge is 0.202 e. The Hall–Kier alpha value is -0.760. The number of methoxy groups -OCH3 is 1. The minimum absolute atomic E-state index is 0.671. The highest BCUT2D eigenvalue weighted by atomic mass is 32.1. The van der Waals surface area contributed by atoms with Crippen molar-refractivity contribution >= 4 is 16.7 Å². The third kappa shape index (κ3) is 4.49. The van der Waals surface area contributed by atoms with Crippen molar-refractivity contribution in [3.05, 3.63) is 5.82 Å². The molecule has 2 rings (SSSR count). The molecular weight excluding hydrogens is 252 g/mol. The molecule has 2 heterocycles. The van der Waals surface area contributed by atoms with Crippen LogP contribution in [0.25, 0.3) is 0 Å². The van der Waals surface area contributed by atoms with Crippen LogP contribution in [-0.4, -0.2) is 67.4 Å². The van der Waals surface area contributed by atoms with Crippen LogP contribution in [-0.2, 0) is 15.9 Å². The van der Waals surface area contributed by atoms with Crippen LogP contribution >= 0.6 is 11.5 Å². The van der Waals surface area contributed by atoms with Gasteiger partial charge in [-0.3, -0.25) is 4.90 Å². The number of nitrogens with one attached hydrogen (secondary N) is 1. The van der Waals surface area contributed by atoms with Crippen LogP contribution in [0.2, 0.25) is 0 Å². The first kappa shape index (κ1) is 13.7. The van der Waals surface area contributed by atoms with Gasteiger partial charge in [0.15, 0.2) is 0 Å². The second-order valence-electron chi connectivity index (χ2n) is 4.14. The van der Waals surface area contributed by atoms with Gasteiger partial charge in [-0.15, -0.1) is 0 Å². The van der Waals surface area contributed by atoms with Gasteiger partial charge in [0.25, 0.3) is 0 Å². The maximum atomic E-state index is 5.31. The summed E-state index contributed by atoms with van der Waals surface area (Å²) in [5, 5.41) is 4.21. The van der Waals surface area contributed by atoms with E-state index in [1.165, 1.54) is 11.5 Å². The fourth-order valence-electron chi connectivity index (χ4n) is 1.77. The minimum atomic E-state index is 0.671. The minimum Gasteiger partial charge on any atom is -0.384 e. The lowest BCUT2D eigenvalue weighted by Crippen LogP contribution is -2.38. The summed E-state index contributed by atoms with van der Waals surface area (Å²) in [4.78, 5) is 6.80. The molecule has 1 N–H and O–H groups in total. The van der Waals surface area contributed by atoms with E-state index in [1.54, 1.807) is 7.11 Å². The number of hydrogen-bond donors (Lipinski definition) is 1. The first-order valence-electron chi connectivity index (χ1n) is 6.24. The molecule has 0 spiro atoms. The molecule has 1 aliphatic heterocycles. The SMILES string of the molecule is COCCc1nsc(NCCN2CCOCC2)n1. The summed E-state index contributed by atoms with van der Waals surface area (Å²) in [6.07, 6.45) is 0.776. The van der Waals surface area contributed by atoms with Gasteiger partial charge in [-0.05, 0) is 0 Å². The second kappa shape index (κ2) is 7.63. The average Bonchev–Trinajstić information content (AvgIpc) is 2.85. The predicted octanol–water partition coefficient (Wildman–Crippen LogP) is 0.471. The topological polar surface area (TPSA) is 59.5 Å². The van der Waals surface area contributed by atoms with E-state index in [9.17, 15) is 0 Å². The Morgan fingerprint density at radius 1 is 1.44 bits per heavy atom. The van der Waals surface area contributed by atoms with Gasteiger partial charge in [-0.1, -0.05) is 0 Å². The molecule has 6 nitrogen and oxygen atoms in total. The standard InChI is InChI=1S/C11H20N4O2S/c1-16-7-2-10-13-11(18-14-10)12-3-4-15-5-8-17-9-6-15/h2-9H2,1H3,(H,12,13,14). The quantitative estimate of drug-likeness (QED) is 0.779. The lowest BCUT2D eigenvalue weighted by Gasteiger charge is -2.26. The summed E-state index contributed by atoms with van der Waals surface area (Å²) < 4.78 is 14.6. The maximum absolute atomic E-state index is 5.31. The second-order valence-corrected chi connectivity index (χ2v) is 4.89. The zero-order valence-electron chi connectivity index (χ0n) is 10.7. The summed E-state index contributed by atoms with van der Waals surface area (Å²) in [5.41, 5.74) is 0. The van der Waals surface area contributed by atoms with Crippen LogP contribution in [0.15, 0.2) is 0 Å². The van der Waals surface area contributed by atoms with Gasteiger partial charge >= 0.3 is 0 Å². The van der Waals surface area contributed by atoms with E-state index >= 15 is 0 Å². The van der Waals surface area contributed by atoms with Gasteiger partial charge in [0.1, 0.15) is 5.82 Å². The number of anilines is 1. The van der Waals surface area contributed by atoms with Gasteiger partial charge in [-0.25, -0.2) is 4.98 Å². The Kier molecular flexibility index (Phi) is 5.79. The summed E-state index contributed by atoms with van der Waals surface area (Å²) in [6.45, 7) is 6.34. The van der Waals surface area contributed by atoms with Crippen molar-refractivity contribution in [3.8, 4) is 0 Å². The molecule has 0 unspecified atom stereocenters. The van der Waals surface area contributed by atoms with E-state index in [0.717, 1.165) is 56.8 Å². The molecule has 1 fully saturated rings.